The van der Waals surface area contributed by atoms with Crippen LogP contribution in [0.5, 0.6) is 0 Å². The highest BCUT2D eigenvalue weighted by molar-refractivity contribution is 5.55. The zero-order chi connectivity index (χ0) is 10.6. The second kappa shape index (κ2) is 4.52. The van der Waals surface area contributed by atoms with Crippen molar-refractivity contribution in [2.24, 2.45) is 0 Å². The van der Waals surface area contributed by atoms with Gasteiger partial charge >= 0.3 is 0 Å². The van der Waals surface area contributed by atoms with Gasteiger partial charge in [0.2, 0.25) is 0 Å². The minimum absolute atomic E-state index is 0.331. The third-order valence-corrected chi connectivity index (χ3v) is 1.98. The summed E-state index contributed by atoms with van der Waals surface area (Å²) in [5, 5.41) is 0. The van der Waals surface area contributed by atoms with E-state index in [2.05, 4.69) is 5.92 Å². The molecule has 0 saturated heterocycles. The van der Waals surface area contributed by atoms with Crippen LogP contribution >= 0.6 is 0 Å². The summed E-state index contributed by atoms with van der Waals surface area (Å²) in [7, 11) is 0. The first-order valence-corrected chi connectivity index (χ1v) is 4.42. The van der Waals surface area contributed by atoms with Crippen LogP contribution in [-0.2, 0) is 0 Å². The molecule has 0 amide bonds. The molecule has 0 aliphatic heterocycles. The molecule has 0 aliphatic carbocycles. The molecule has 0 bridgehead atoms. The molecule has 0 radical (unpaired) electrons. The topological polar surface area (TPSA) is 29.3 Å². The number of nitrogens with two attached hydrogens (primary N) is 1. The molecule has 2 nitrogen and oxygen atoms in total. The van der Waals surface area contributed by atoms with E-state index >= 15 is 0 Å². The molecular weight excluding hydrogens is 179 g/mol. The molecule has 3 heteroatoms. The van der Waals surface area contributed by atoms with Gasteiger partial charge in [0.15, 0.2) is 0 Å². The zero-order valence-corrected chi connectivity index (χ0v) is 8.13. The summed E-state index contributed by atoms with van der Waals surface area (Å²) < 4.78 is 13.4. The van der Waals surface area contributed by atoms with Crippen molar-refractivity contribution in [3.63, 3.8) is 0 Å². The average Bonchev–Trinajstić information content (AvgIpc) is 2.15. The Balaban J connectivity index is 2.99. The van der Waals surface area contributed by atoms with E-state index in [0.717, 1.165) is 0 Å². The molecule has 0 saturated carbocycles. The first-order chi connectivity index (χ1) is 6.69. The second-order valence-electron chi connectivity index (χ2n) is 2.93. The van der Waals surface area contributed by atoms with Crippen LogP contribution in [0.15, 0.2) is 18.2 Å². The lowest BCUT2D eigenvalue weighted by atomic mass is 10.2. The third-order valence-electron chi connectivity index (χ3n) is 1.98. The summed E-state index contributed by atoms with van der Waals surface area (Å²) in [6, 6.07) is 4.61. The first-order valence-electron chi connectivity index (χ1n) is 4.42. The van der Waals surface area contributed by atoms with Crippen LogP contribution in [0, 0.1) is 18.2 Å². The highest BCUT2D eigenvalue weighted by Crippen LogP contribution is 2.20. The van der Waals surface area contributed by atoms with Crippen molar-refractivity contribution in [2.45, 2.75) is 6.92 Å². The van der Waals surface area contributed by atoms with Crippen LogP contribution in [0.1, 0.15) is 6.92 Å². The monoisotopic (exact) mass is 192 g/mol. The van der Waals surface area contributed by atoms with Crippen molar-refractivity contribution < 1.29 is 4.39 Å². The Bertz CT molecular complexity index is 355. The molecule has 0 heterocycles. The SMILES string of the molecule is C#CCN(CC)c1ccc(N)cc1F. The summed E-state index contributed by atoms with van der Waals surface area (Å²) >= 11 is 0. The molecule has 0 fully saturated rings. The average molecular weight is 192 g/mol. The Morgan fingerprint density at radius 2 is 2.29 bits per heavy atom. The van der Waals surface area contributed by atoms with E-state index in [-0.39, 0.29) is 5.82 Å². The molecule has 74 valence electrons. The number of terminal acetylenes is 1. The van der Waals surface area contributed by atoms with Gasteiger partial charge in [-0.2, -0.15) is 0 Å². The fourth-order valence-electron chi connectivity index (χ4n) is 1.26. The summed E-state index contributed by atoms with van der Waals surface area (Å²) in [5.41, 5.74) is 6.36. The largest absolute Gasteiger partial charge is 0.399 e. The zero-order valence-electron chi connectivity index (χ0n) is 8.13. The van der Waals surface area contributed by atoms with E-state index in [4.69, 9.17) is 12.2 Å². The number of hydrogen-bond acceptors (Lipinski definition) is 2. The number of hydrogen-bond donors (Lipinski definition) is 1. The molecule has 14 heavy (non-hydrogen) atoms. The van der Waals surface area contributed by atoms with E-state index < -0.39 is 0 Å². The van der Waals surface area contributed by atoms with Gasteiger partial charge in [0.1, 0.15) is 5.82 Å². The van der Waals surface area contributed by atoms with Crippen LogP contribution in [-0.4, -0.2) is 13.1 Å². The van der Waals surface area contributed by atoms with Gasteiger partial charge in [-0.05, 0) is 25.1 Å². The summed E-state index contributed by atoms with van der Waals surface area (Å²) in [6.07, 6.45) is 5.18. The molecular formula is C11H13FN2. The standard InChI is InChI=1S/C11H13FN2/c1-3-7-14(4-2)11-6-5-9(13)8-10(11)12/h1,5-6,8H,4,7,13H2,2H3. The van der Waals surface area contributed by atoms with Crippen molar-refractivity contribution in [3.05, 3.63) is 24.0 Å². The van der Waals surface area contributed by atoms with Crippen molar-refractivity contribution in [2.75, 3.05) is 23.7 Å². The molecule has 0 aromatic heterocycles. The Labute approximate surface area is 83.5 Å². The molecule has 0 aliphatic rings. The van der Waals surface area contributed by atoms with Crippen molar-refractivity contribution in [3.8, 4) is 12.3 Å². The number of rotatable bonds is 3. The van der Waals surface area contributed by atoms with Crippen LogP contribution in [0.4, 0.5) is 15.8 Å². The lowest BCUT2D eigenvalue weighted by molar-refractivity contribution is 0.622. The Morgan fingerprint density at radius 1 is 1.57 bits per heavy atom. The van der Waals surface area contributed by atoms with Gasteiger partial charge < -0.3 is 10.6 Å². The fraction of sp³-hybridized carbons (Fsp3) is 0.273. The molecule has 1 rings (SSSR count). The lowest BCUT2D eigenvalue weighted by Crippen LogP contribution is -2.23. The first kappa shape index (κ1) is 10.4. The number of nitrogen functional groups attached to an aromatic ring is 1. The Hall–Kier alpha value is -1.69. The normalized spacial score (nSPS) is 9.50. The smallest absolute Gasteiger partial charge is 0.148 e. The van der Waals surface area contributed by atoms with Crippen LogP contribution < -0.4 is 10.6 Å². The predicted molar refractivity (Wildman–Crippen MR) is 57.5 cm³/mol. The van der Waals surface area contributed by atoms with Gasteiger partial charge in [0, 0.05) is 12.2 Å². The molecule has 0 spiro atoms. The lowest BCUT2D eigenvalue weighted by Gasteiger charge is -2.20. The number of benzene rings is 1. The maximum Gasteiger partial charge on any atom is 0.148 e. The van der Waals surface area contributed by atoms with E-state index in [9.17, 15) is 4.39 Å². The maximum absolute atomic E-state index is 13.4. The van der Waals surface area contributed by atoms with Gasteiger partial charge in [-0.25, -0.2) is 4.39 Å². The predicted octanol–water partition coefficient (Wildman–Crippen LogP) is 1.87. The van der Waals surface area contributed by atoms with Gasteiger partial charge in [0.25, 0.3) is 0 Å². The van der Waals surface area contributed by atoms with Gasteiger partial charge in [-0.1, -0.05) is 5.92 Å². The van der Waals surface area contributed by atoms with Gasteiger partial charge in [-0.3, -0.25) is 0 Å². The van der Waals surface area contributed by atoms with Crippen LogP contribution in [0.25, 0.3) is 0 Å². The number of nitrogens with zero attached hydrogens (tertiary/aromatic N) is 1. The third kappa shape index (κ3) is 2.17. The van der Waals surface area contributed by atoms with E-state index in [1.54, 1.807) is 17.0 Å². The maximum atomic E-state index is 13.4. The van der Waals surface area contributed by atoms with Gasteiger partial charge in [0.05, 0.1) is 12.2 Å². The van der Waals surface area contributed by atoms with Crippen molar-refractivity contribution >= 4 is 11.4 Å². The van der Waals surface area contributed by atoms with Crippen molar-refractivity contribution in [1.29, 1.82) is 0 Å². The minimum atomic E-state index is -0.331. The number of anilines is 2. The highest BCUT2D eigenvalue weighted by atomic mass is 19.1. The van der Waals surface area contributed by atoms with Crippen LogP contribution in [0.2, 0.25) is 0 Å². The molecule has 0 unspecified atom stereocenters. The van der Waals surface area contributed by atoms with E-state index in [1.807, 2.05) is 6.92 Å². The van der Waals surface area contributed by atoms with Gasteiger partial charge in [-0.15, -0.1) is 6.42 Å². The van der Waals surface area contributed by atoms with Crippen molar-refractivity contribution in [1.82, 2.24) is 0 Å². The van der Waals surface area contributed by atoms with E-state index in [1.165, 1.54) is 6.07 Å². The molecule has 0 atom stereocenters. The van der Waals surface area contributed by atoms with E-state index in [0.29, 0.717) is 24.5 Å². The molecule has 2 N–H and O–H groups in total. The highest BCUT2D eigenvalue weighted by Gasteiger charge is 2.08. The molecule has 1 aromatic carbocycles. The molecule has 1 aromatic rings. The summed E-state index contributed by atoms with van der Waals surface area (Å²) in [6.45, 7) is 3.00. The summed E-state index contributed by atoms with van der Waals surface area (Å²) in [5.74, 6) is 2.16. The quantitative estimate of drug-likeness (QED) is 0.585. The summed E-state index contributed by atoms with van der Waals surface area (Å²) in [4.78, 5) is 1.77. The fourth-order valence-corrected chi connectivity index (χ4v) is 1.26. The Kier molecular flexibility index (Phi) is 3.35. The number of halogens is 1. The second-order valence-corrected chi connectivity index (χ2v) is 2.93. The Morgan fingerprint density at radius 3 is 2.79 bits per heavy atom. The minimum Gasteiger partial charge on any atom is -0.399 e. The van der Waals surface area contributed by atoms with Crippen LogP contribution in [0.3, 0.4) is 0 Å².